The van der Waals surface area contributed by atoms with Crippen LogP contribution in [0, 0.1) is 0 Å². The van der Waals surface area contributed by atoms with Crippen molar-refractivity contribution < 1.29 is 9.47 Å². The van der Waals surface area contributed by atoms with Crippen LogP contribution in [0.1, 0.15) is 0 Å². The lowest BCUT2D eigenvalue weighted by Gasteiger charge is -2.11. The number of aromatic nitrogens is 2. The van der Waals surface area contributed by atoms with Gasteiger partial charge in [-0.25, -0.2) is 9.97 Å². The standard InChI is InChI=1S/C16H12BrClN2O2/c1-21-13-7-11-12(8-14(13)22-2)19-16(18)20-15(11)9-4-3-5-10(17)6-9/h3-8H,1-2H3. The molecule has 112 valence electrons. The molecule has 0 fully saturated rings. The van der Waals surface area contributed by atoms with Crippen molar-refractivity contribution in [2.75, 3.05) is 14.2 Å². The molecule has 6 heteroatoms. The zero-order valence-corrected chi connectivity index (χ0v) is 14.3. The summed E-state index contributed by atoms with van der Waals surface area (Å²) in [5, 5.41) is 1.04. The second-order valence-electron chi connectivity index (χ2n) is 4.58. The van der Waals surface area contributed by atoms with E-state index in [1.165, 1.54) is 0 Å². The number of halogens is 2. The minimum absolute atomic E-state index is 0.190. The third-order valence-corrected chi connectivity index (χ3v) is 3.93. The van der Waals surface area contributed by atoms with Crippen LogP contribution in [0.15, 0.2) is 40.9 Å². The Hall–Kier alpha value is -1.85. The van der Waals surface area contributed by atoms with Crippen LogP contribution in [-0.2, 0) is 0 Å². The molecule has 0 aliphatic heterocycles. The summed E-state index contributed by atoms with van der Waals surface area (Å²) in [4.78, 5) is 8.66. The van der Waals surface area contributed by atoms with Crippen molar-refractivity contribution in [1.29, 1.82) is 0 Å². The van der Waals surface area contributed by atoms with E-state index in [1.54, 1.807) is 20.3 Å². The number of benzene rings is 2. The highest BCUT2D eigenvalue weighted by Crippen LogP contribution is 2.36. The Morgan fingerprint density at radius 2 is 1.73 bits per heavy atom. The monoisotopic (exact) mass is 378 g/mol. The van der Waals surface area contributed by atoms with Crippen molar-refractivity contribution >= 4 is 38.4 Å². The van der Waals surface area contributed by atoms with Crippen LogP contribution in [0.2, 0.25) is 5.28 Å². The summed E-state index contributed by atoms with van der Waals surface area (Å²) >= 11 is 9.55. The first-order valence-corrected chi connectivity index (χ1v) is 7.64. The maximum absolute atomic E-state index is 6.08. The van der Waals surface area contributed by atoms with Gasteiger partial charge < -0.3 is 9.47 Å². The molecule has 0 unspecified atom stereocenters. The minimum atomic E-state index is 0.190. The molecule has 0 bridgehead atoms. The molecule has 0 saturated heterocycles. The van der Waals surface area contributed by atoms with E-state index in [2.05, 4.69) is 25.9 Å². The molecule has 0 saturated carbocycles. The lowest BCUT2D eigenvalue weighted by molar-refractivity contribution is 0.356. The fraction of sp³-hybridized carbons (Fsp3) is 0.125. The average molecular weight is 380 g/mol. The normalized spacial score (nSPS) is 10.7. The van der Waals surface area contributed by atoms with Crippen molar-refractivity contribution in [1.82, 2.24) is 9.97 Å². The molecule has 1 heterocycles. The molecule has 0 atom stereocenters. The summed E-state index contributed by atoms with van der Waals surface area (Å²) in [7, 11) is 3.18. The van der Waals surface area contributed by atoms with Gasteiger partial charge in [-0.3, -0.25) is 0 Å². The van der Waals surface area contributed by atoms with Crippen molar-refractivity contribution in [2.45, 2.75) is 0 Å². The second-order valence-corrected chi connectivity index (χ2v) is 5.83. The van der Waals surface area contributed by atoms with Crippen LogP contribution < -0.4 is 9.47 Å². The first-order valence-electron chi connectivity index (χ1n) is 6.47. The molecule has 0 aliphatic carbocycles. The van der Waals surface area contributed by atoms with Crippen molar-refractivity contribution in [3.8, 4) is 22.8 Å². The van der Waals surface area contributed by atoms with Gasteiger partial charge in [0.1, 0.15) is 0 Å². The highest BCUT2D eigenvalue weighted by Gasteiger charge is 2.14. The number of rotatable bonds is 3. The van der Waals surface area contributed by atoms with E-state index in [-0.39, 0.29) is 5.28 Å². The first kappa shape index (κ1) is 15.1. The molecule has 22 heavy (non-hydrogen) atoms. The molecule has 3 rings (SSSR count). The Morgan fingerprint density at radius 3 is 2.41 bits per heavy atom. The van der Waals surface area contributed by atoms with E-state index in [9.17, 15) is 0 Å². The Labute approximate surface area is 141 Å². The lowest BCUT2D eigenvalue weighted by atomic mass is 10.1. The van der Waals surface area contributed by atoms with Gasteiger partial charge in [0.2, 0.25) is 5.28 Å². The Kier molecular flexibility index (Phi) is 4.18. The summed E-state index contributed by atoms with van der Waals surface area (Å²) in [6, 6.07) is 11.5. The third kappa shape index (κ3) is 2.74. The maximum Gasteiger partial charge on any atom is 0.223 e. The van der Waals surface area contributed by atoms with Gasteiger partial charge in [0.05, 0.1) is 25.4 Å². The molecule has 3 aromatic rings. The molecule has 2 aromatic carbocycles. The van der Waals surface area contributed by atoms with Crippen LogP contribution in [-0.4, -0.2) is 24.2 Å². The van der Waals surface area contributed by atoms with Gasteiger partial charge in [0, 0.05) is 21.5 Å². The van der Waals surface area contributed by atoms with Crippen LogP contribution in [0.4, 0.5) is 0 Å². The fourth-order valence-corrected chi connectivity index (χ4v) is 2.86. The highest BCUT2D eigenvalue weighted by atomic mass is 79.9. The van der Waals surface area contributed by atoms with E-state index in [0.29, 0.717) is 17.0 Å². The van der Waals surface area contributed by atoms with E-state index in [4.69, 9.17) is 21.1 Å². The first-order chi connectivity index (χ1) is 10.6. The Balaban J connectivity index is 2.34. The van der Waals surface area contributed by atoms with Gasteiger partial charge in [0.25, 0.3) is 0 Å². The van der Waals surface area contributed by atoms with Gasteiger partial charge in [-0.15, -0.1) is 0 Å². The van der Waals surface area contributed by atoms with Gasteiger partial charge in [-0.05, 0) is 29.8 Å². The molecule has 0 N–H and O–H groups in total. The Bertz CT molecular complexity index is 855. The molecular formula is C16H12BrClN2O2. The molecule has 0 radical (unpaired) electrons. The topological polar surface area (TPSA) is 44.2 Å². The van der Waals surface area contributed by atoms with E-state index in [1.807, 2.05) is 30.3 Å². The second kappa shape index (κ2) is 6.10. The highest BCUT2D eigenvalue weighted by molar-refractivity contribution is 9.10. The minimum Gasteiger partial charge on any atom is -0.493 e. The van der Waals surface area contributed by atoms with Gasteiger partial charge >= 0.3 is 0 Å². The summed E-state index contributed by atoms with van der Waals surface area (Å²) in [6.07, 6.45) is 0. The van der Waals surface area contributed by atoms with E-state index in [0.717, 1.165) is 21.1 Å². The summed E-state index contributed by atoms with van der Waals surface area (Å²) in [5.41, 5.74) is 2.39. The van der Waals surface area contributed by atoms with Crippen LogP contribution in [0.5, 0.6) is 11.5 Å². The number of hydrogen-bond donors (Lipinski definition) is 0. The fourth-order valence-electron chi connectivity index (χ4n) is 2.28. The molecular weight excluding hydrogens is 368 g/mol. The predicted molar refractivity (Wildman–Crippen MR) is 90.8 cm³/mol. The van der Waals surface area contributed by atoms with E-state index >= 15 is 0 Å². The largest absolute Gasteiger partial charge is 0.493 e. The third-order valence-electron chi connectivity index (χ3n) is 3.27. The predicted octanol–water partition coefficient (Wildman–Crippen LogP) is 4.73. The quantitative estimate of drug-likeness (QED) is 0.617. The smallest absolute Gasteiger partial charge is 0.223 e. The molecule has 0 aliphatic rings. The Morgan fingerprint density at radius 1 is 1.00 bits per heavy atom. The van der Waals surface area contributed by atoms with Crippen molar-refractivity contribution in [3.63, 3.8) is 0 Å². The number of ether oxygens (including phenoxy) is 2. The summed E-state index contributed by atoms with van der Waals surface area (Å²) in [5.74, 6) is 1.22. The molecule has 0 amide bonds. The number of fused-ring (bicyclic) bond motifs is 1. The molecule has 4 nitrogen and oxygen atoms in total. The molecule has 1 aromatic heterocycles. The summed E-state index contributed by atoms with van der Waals surface area (Å²) in [6.45, 7) is 0. The number of nitrogens with zero attached hydrogens (tertiary/aromatic N) is 2. The van der Waals surface area contributed by atoms with Crippen LogP contribution in [0.3, 0.4) is 0 Å². The van der Waals surface area contributed by atoms with Gasteiger partial charge in [0.15, 0.2) is 11.5 Å². The van der Waals surface area contributed by atoms with Crippen molar-refractivity contribution in [2.24, 2.45) is 0 Å². The maximum atomic E-state index is 6.08. The zero-order chi connectivity index (χ0) is 15.7. The SMILES string of the molecule is COc1cc2nc(Cl)nc(-c3cccc(Br)c3)c2cc1OC. The van der Waals surface area contributed by atoms with Crippen LogP contribution >= 0.6 is 27.5 Å². The molecule has 0 spiro atoms. The van der Waals surface area contributed by atoms with Gasteiger partial charge in [-0.1, -0.05) is 28.1 Å². The number of methoxy groups -OCH3 is 2. The average Bonchev–Trinajstić information content (AvgIpc) is 2.52. The zero-order valence-electron chi connectivity index (χ0n) is 11.9. The van der Waals surface area contributed by atoms with Gasteiger partial charge in [-0.2, -0.15) is 0 Å². The summed E-state index contributed by atoms with van der Waals surface area (Å²) < 4.78 is 11.6. The number of hydrogen-bond acceptors (Lipinski definition) is 4. The lowest BCUT2D eigenvalue weighted by Crippen LogP contribution is -1.95. The van der Waals surface area contributed by atoms with E-state index < -0.39 is 0 Å². The van der Waals surface area contributed by atoms with Crippen molar-refractivity contribution in [3.05, 3.63) is 46.2 Å². The van der Waals surface area contributed by atoms with Crippen LogP contribution in [0.25, 0.3) is 22.2 Å².